The van der Waals surface area contributed by atoms with Gasteiger partial charge >= 0.3 is 0 Å². The van der Waals surface area contributed by atoms with Crippen molar-refractivity contribution in [2.75, 3.05) is 12.5 Å². The molecule has 0 amide bonds. The largest absolute Gasteiger partial charge is 0.454 e. The molecule has 0 fully saturated rings. The number of hydrogen-bond donors (Lipinski definition) is 0. The summed E-state index contributed by atoms with van der Waals surface area (Å²) >= 11 is 2.69. The quantitative estimate of drug-likeness (QED) is 0.463. The van der Waals surface area contributed by atoms with Gasteiger partial charge in [-0.05, 0) is 29.1 Å². The van der Waals surface area contributed by atoms with E-state index in [-0.39, 0.29) is 23.9 Å². The van der Waals surface area contributed by atoms with Gasteiger partial charge in [0.1, 0.15) is 10.5 Å². The van der Waals surface area contributed by atoms with E-state index < -0.39 is 5.41 Å². The van der Waals surface area contributed by atoms with Gasteiger partial charge in [0.15, 0.2) is 16.7 Å². The number of hydrogen-bond acceptors (Lipinski definition) is 7. The summed E-state index contributed by atoms with van der Waals surface area (Å²) < 4.78 is 13.0. The number of Topliss-reactive ketones (excluding diaryl/α,β-unsaturated/α-hetero) is 1. The lowest BCUT2D eigenvalue weighted by molar-refractivity contribution is -0.123. The molecule has 28 heavy (non-hydrogen) atoms. The Morgan fingerprint density at radius 1 is 1.25 bits per heavy atom. The number of thiophene rings is 1. The maximum absolute atomic E-state index is 13.1. The molecule has 2 aromatic heterocycles. The van der Waals surface area contributed by atoms with Crippen molar-refractivity contribution in [3.63, 3.8) is 0 Å². The van der Waals surface area contributed by atoms with E-state index >= 15 is 0 Å². The fraction of sp³-hybridized carbons (Fsp3) is 0.350. The van der Waals surface area contributed by atoms with Crippen LogP contribution in [-0.2, 0) is 11.3 Å². The van der Waals surface area contributed by atoms with Gasteiger partial charge in [0.25, 0.3) is 5.56 Å². The number of benzene rings is 1. The summed E-state index contributed by atoms with van der Waals surface area (Å²) in [5, 5.41) is 2.41. The molecule has 0 unspecified atom stereocenters. The molecule has 0 bridgehead atoms. The van der Waals surface area contributed by atoms with Crippen LogP contribution in [0.3, 0.4) is 0 Å². The Kier molecular flexibility index (Phi) is 4.93. The first kappa shape index (κ1) is 19.0. The third-order valence-corrected chi connectivity index (χ3v) is 6.35. The summed E-state index contributed by atoms with van der Waals surface area (Å²) in [5.41, 5.74) is 1.06. The Bertz CT molecular complexity index is 1110. The van der Waals surface area contributed by atoms with Crippen LogP contribution in [0.15, 0.2) is 39.6 Å². The molecule has 3 heterocycles. The number of fused-ring (bicyclic) bond motifs is 2. The molecule has 0 N–H and O–H groups in total. The minimum atomic E-state index is -0.429. The van der Waals surface area contributed by atoms with Crippen LogP contribution in [0.25, 0.3) is 10.2 Å². The molecule has 0 saturated heterocycles. The maximum Gasteiger partial charge on any atom is 0.272 e. The number of aromatic nitrogens is 2. The Morgan fingerprint density at radius 3 is 2.82 bits per heavy atom. The van der Waals surface area contributed by atoms with Crippen molar-refractivity contribution < 1.29 is 14.3 Å². The van der Waals surface area contributed by atoms with Crippen molar-refractivity contribution in [3.05, 3.63) is 45.6 Å². The minimum absolute atomic E-state index is 0.0941. The topological polar surface area (TPSA) is 70.4 Å². The van der Waals surface area contributed by atoms with E-state index in [0.717, 1.165) is 5.56 Å². The van der Waals surface area contributed by atoms with E-state index in [9.17, 15) is 9.59 Å². The molecule has 1 aromatic carbocycles. The van der Waals surface area contributed by atoms with Crippen molar-refractivity contribution in [2.45, 2.75) is 32.5 Å². The SMILES string of the molecule is CC(C)(C)C(=O)CSc1nc2ccsc2c(=O)n1Cc1ccc2c(c1)OCO2. The van der Waals surface area contributed by atoms with Crippen LogP contribution in [0.2, 0.25) is 0 Å². The van der Waals surface area contributed by atoms with E-state index in [0.29, 0.717) is 33.4 Å². The molecule has 0 spiro atoms. The second-order valence-electron chi connectivity index (χ2n) is 7.57. The number of ketones is 1. The van der Waals surface area contributed by atoms with Gasteiger partial charge in [-0.1, -0.05) is 38.6 Å². The highest BCUT2D eigenvalue weighted by atomic mass is 32.2. The first-order valence-corrected chi connectivity index (χ1v) is 10.7. The highest BCUT2D eigenvalue weighted by molar-refractivity contribution is 7.99. The van der Waals surface area contributed by atoms with E-state index in [1.54, 1.807) is 4.57 Å². The van der Waals surface area contributed by atoms with Crippen LogP contribution in [-0.4, -0.2) is 27.9 Å². The maximum atomic E-state index is 13.1. The molecule has 1 aliphatic rings. The van der Waals surface area contributed by atoms with Gasteiger partial charge in [0, 0.05) is 5.41 Å². The zero-order valence-electron chi connectivity index (χ0n) is 15.9. The van der Waals surface area contributed by atoms with Crippen LogP contribution >= 0.6 is 23.1 Å². The Morgan fingerprint density at radius 2 is 2.04 bits per heavy atom. The third kappa shape index (κ3) is 3.66. The normalized spacial score (nSPS) is 13.2. The van der Waals surface area contributed by atoms with Gasteiger partial charge in [-0.15, -0.1) is 11.3 Å². The lowest BCUT2D eigenvalue weighted by atomic mass is 9.92. The summed E-state index contributed by atoms with van der Waals surface area (Å²) in [7, 11) is 0. The van der Waals surface area contributed by atoms with E-state index in [1.807, 2.05) is 50.4 Å². The number of rotatable bonds is 5. The molecule has 0 aliphatic carbocycles. The number of carbonyl (C=O) groups is 1. The van der Waals surface area contributed by atoms with Crippen LogP contribution in [0.4, 0.5) is 0 Å². The molecule has 8 heteroatoms. The first-order chi connectivity index (χ1) is 13.3. The molecule has 0 atom stereocenters. The average molecular weight is 417 g/mol. The first-order valence-electron chi connectivity index (χ1n) is 8.85. The van der Waals surface area contributed by atoms with Crippen molar-refractivity contribution in [2.24, 2.45) is 5.41 Å². The molecule has 4 rings (SSSR count). The van der Waals surface area contributed by atoms with Gasteiger partial charge in [-0.3, -0.25) is 14.2 Å². The van der Waals surface area contributed by atoms with Gasteiger partial charge in [0.05, 0.1) is 17.8 Å². The zero-order chi connectivity index (χ0) is 19.9. The molecule has 1 aliphatic heterocycles. The predicted octanol–water partition coefficient (Wildman–Crippen LogP) is 3.94. The van der Waals surface area contributed by atoms with Gasteiger partial charge in [-0.2, -0.15) is 0 Å². The lowest BCUT2D eigenvalue weighted by Gasteiger charge is -2.17. The zero-order valence-corrected chi connectivity index (χ0v) is 17.5. The standard InChI is InChI=1S/C20H20N2O4S2/c1-20(2,3)16(23)10-28-19-21-13-6-7-27-17(13)18(24)22(19)9-12-4-5-14-15(8-12)26-11-25-14/h4-8H,9-11H2,1-3H3. The summed E-state index contributed by atoms with van der Waals surface area (Å²) in [4.78, 5) is 30.1. The van der Waals surface area contributed by atoms with Crippen molar-refractivity contribution in [3.8, 4) is 11.5 Å². The van der Waals surface area contributed by atoms with Gasteiger partial charge < -0.3 is 9.47 Å². The highest BCUT2D eigenvalue weighted by Gasteiger charge is 2.23. The summed E-state index contributed by atoms with van der Waals surface area (Å²) in [6.45, 7) is 6.24. The Labute approximate surface area is 170 Å². The van der Waals surface area contributed by atoms with E-state index in [2.05, 4.69) is 4.98 Å². The number of ether oxygens (including phenoxy) is 2. The molecule has 0 radical (unpaired) electrons. The smallest absolute Gasteiger partial charge is 0.272 e. The van der Waals surface area contributed by atoms with Gasteiger partial charge in [0.2, 0.25) is 6.79 Å². The van der Waals surface area contributed by atoms with Crippen molar-refractivity contribution in [1.82, 2.24) is 9.55 Å². The minimum Gasteiger partial charge on any atom is -0.454 e. The summed E-state index contributed by atoms with van der Waals surface area (Å²) in [5.74, 6) is 1.76. The van der Waals surface area contributed by atoms with Crippen LogP contribution < -0.4 is 15.0 Å². The monoisotopic (exact) mass is 416 g/mol. The van der Waals surface area contributed by atoms with Crippen molar-refractivity contribution >= 4 is 39.1 Å². The van der Waals surface area contributed by atoms with Crippen LogP contribution in [0.5, 0.6) is 11.5 Å². The molecule has 0 saturated carbocycles. The second-order valence-corrected chi connectivity index (χ2v) is 9.43. The number of nitrogens with zero attached hydrogens (tertiary/aromatic N) is 2. The third-order valence-electron chi connectivity index (χ3n) is 4.48. The predicted molar refractivity (Wildman–Crippen MR) is 111 cm³/mol. The molecular weight excluding hydrogens is 396 g/mol. The van der Waals surface area contributed by atoms with E-state index in [1.165, 1.54) is 23.1 Å². The Balaban J connectivity index is 1.70. The molecule has 6 nitrogen and oxygen atoms in total. The van der Waals surface area contributed by atoms with Crippen LogP contribution in [0, 0.1) is 5.41 Å². The molecule has 146 valence electrons. The summed E-state index contributed by atoms with van der Waals surface area (Å²) in [6.07, 6.45) is 0. The van der Waals surface area contributed by atoms with E-state index in [4.69, 9.17) is 9.47 Å². The summed E-state index contributed by atoms with van der Waals surface area (Å²) in [6, 6.07) is 7.47. The van der Waals surface area contributed by atoms with Gasteiger partial charge in [-0.25, -0.2) is 4.98 Å². The highest BCUT2D eigenvalue weighted by Crippen LogP contribution is 2.33. The molecule has 3 aromatic rings. The Hall–Kier alpha value is -2.32. The fourth-order valence-corrected chi connectivity index (χ4v) is 4.68. The lowest BCUT2D eigenvalue weighted by Crippen LogP contribution is -2.25. The second kappa shape index (κ2) is 7.25. The number of carbonyl (C=O) groups excluding carboxylic acids is 1. The van der Waals surface area contributed by atoms with Crippen LogP contribution in [0.1, 0.15) is 26.3 Å². The fourth-order valence-electron chi connectivity index (χ4n) is 2.74. The molecular formula is C20H20N2O4S2. The van der Waals surface area contributed by atoms with Crippen molar-refractivity contribution in [1.29, 1.82) is 0 Å². The number of thioether (sulfide) groups is 1. The average Bonchev–Trinajstić information content (AvgIpc) is 3.30.